The first-order valence-electron chi connectivity index (χ1n) is 5.79. The third-order valence-corrected chi connectivity index (χ3v) is 3.15. The van der Waals surface area contributed by atoms with E-state index in [0.29, 0.717) is 0 Å². The van der Waals surface area contributed by atoms with Crippen LogP contribution in [0.2, 0.25) is 0 Å². The van der Waals surface area contributed by atoms with E-state index in [1.165, 1.54) is 29.4 Å². The van der Waals surface area contributed by atoms with Gasteiger partial charge in [0.2, 0.25) is 0 Å². The number of nitrogens with zero attached hydrogens (tertiary/aromatic N) is 4. The average molecular weight is 266 g/mol. The van der Waals surface area contributed by atoms with Gasteiger partial charge in [0, 0.05) is 13.6 Å². The van der Waals surface area contributed by atoms with Crippen LogP contribution < -0.4 is 11.2 Å². The van der Waals surface area contributed by atoms with Crippen LogP contribution in [0.25, 0.3) is 11.2 Å². The molecule has 0 saturated heterocycles. The molecular formula is C11H14N4O4. The molecule has 2 aromatic heterocycles. The number of carboxylic acids is 1. The van der Waals surface area contributed by atoms with Gasteiger partial charge < -0.3 is 9.67 Å². The summed E-state index contributed by atoms with van der Waals surface area (Å²) in [6, 6.07) is -0.930. The molecule has 1 unspecified atom stereocenters. The lowest BCUT2D eigenvalue weighted by atomic mass is 10.3. The van der Waals surface area contributed by atoms with Crippen molar-refractivity contribution < 1.29 is 9.90 Å². The fourth-order valence-electron chi connectivity index (χ4n) is 1.98. The van der Waals surface area contributed by atoms with Gasteiger partial charge in [-0.25, -0.2) is 14.6 Å². The molecule has 19 heavy (non-hydrogen) atoms. The highest BCUT2D eigenvalue weighted by Crippen LogP contribution is 2.13. The highest BCUT2D eigenvalue weighted by atomic mass is 16.4. The summed E-state index contributed by atoms with van der Waals surface area (Å²) in [6.07, 6.45) is 1.27. The van der Waals surface area contributed by atoms with Crippen molar-refractivity contribution in [3.05, 3.63) is 27.2 Å². The number of rotatable bonds is 3. The summed E-state index contributed by atoms with van der Waals surface area (Å²) < 4.78 is 3.56. The Balaban J connectivity index is 2.94. The summed E-state index contributed by atoms with van der Waals surface area (Å²) in [5.41, 5.74) is -0.675. The summed E-state index contributed by atoms with van der Waals surface area (Å²) in [5.74, 6) is -1.07. The second-order valence-electron chi connectivity index (χ2n) is 4.23. The smallest absolute Gasteiger partial charge is 0.332 e. The number of hydrogen-bond acceptors (Lipinski definition) is 4. The Bertz CT molecular complexity index is 767. The zero-order valence-corrected chi connectivity index (χ0v) is 10.8. The first-order valence-corrected chi connectivity index (χ1v) is 5.79. The molecule has 8 nitrogen and oxygen atoms in total. The normalized spacial score (nSPS) is 12.8. The van der Waals surface area contributed by atoms with Gasteiger partial charge in [-0.1, -0.05) is 0 Å². The summed E-state index contributed by atoms with van der Waals surface area (Å²) in [5, 5.41) is 9.03. The van der Waals surface area contributed by atoms with E-state index in [0.717, 1.165) is 4.57 Å². The van der Waals surface area contributed by atoms with E-state index in [2.05, 4.69) is 4.98 Å². The van der Waals surface area contributed by atoms with Crippen molar-refractivity contribution in [3.63, 3.8) is 0 Å². The van der Waals surface area contributed by atoms with Crippen molar-refractivity contribution in [2.45, 2.75) is 26.4 Å². The lowest BCUT2D eigenvalue weighted by Crippen LogP contribution is -2.39. The number of hydrogen-bond donors (Lipinski definition) is 1. The Morgan fingerprint density at radius 3 is 2.63 bits per heavy atom. The number of fused-ring (bicyclic) bond motifs is 1. The van der Waals surface area contributed by atoms with Crippen LogP contribution >= 0.6 is 0 Å². The molecule has 0 aliphatic rings. The van der Waals surface area contributed by atoms with Crippen LogP contribution in [0.3, 0.4) is 0 Å². The third kappa shape index (κ3) is 1.76. The predicted molar refractivity (Wildman–Crippen MR) is 67.3 cm³/mol. The minimum Gasteiger partial charge on any atom is -0.480 e. The highest BCUT2D eigenvalue weighted by molar-refractivity contribution is 5.76. The number of imidazole rings is 1. The quantitative estimate of drug-likeness (QED) is 0.812. The molecule has 0 aromatic carbocycles. The molecule has 0 amide bonds. The maximum atomic E-state index is 12.2. The molecule has 1 atom stereocenters. The van der Waals surface area contributed by atoms with Crippen LogP contribution in [-0.2, 0) is 18.4 Å². The Hall–Kier alpha value is -2.38. The van der Waals surface area contributed by atoms with Crippen LogP contribution in [0.4, 0.5) is 0 Å². The summed E-state index contributed by atoms with van der Waals surface area (Å²) in [6.45, 7) is 3.34. The molecule has 2 aromatic rings. The van der Waals surface area contributed by atoms with Crippen LogP contribution in [0.1, 0.15) is 19.9 Å². The van der Waals surface area contributed by atoms with Crippen molar-refractivity contribution in [1.29, 1.82) is 0 Å². The van der Waals surface area contributed by atoms with Gasteiger partial charge in [0.15, 0.2) is 11.2 Å². The molecule has 2 rings (SSSR count). The molecular weight excluding hydrogens is 252 g/mol. The van der Waals surface area contributed by atoms with Gasteiger partial charge >= 0.3 is 11.7 Å². The molecule has 102 valence electrons. The Kier molecular flexibility index (Phi) is 3.01. The fraction of sp³-hybridized carbons (Fsp3) is 0.455. The zero-order chi connectivity index (χ0) is 14.3. The maximum absolute atomic E-state index is 12.2. The second-order valence-corrected chi connectivity index (χ2v) is 4.23. The summed E-state index contributed by atoms with van der Waals surface area (Å²) >= 11 is 0. The standard InChI is InChI=1S/C11H14N4O4/c1-4-14-9(16)7-8(13(3)11(14)19)12-5-15(7)6(2)10(17)18/h5-6H,4H2,1-3H3,(H,17,18). The average Bonchev–Trinajstić information content (AvgIpc) is 2.80. The van der Waals surface area contributed by atoms with Gasteiger partial charge in [0.05, 0.1) is 6.33 Å². The Morgan fingerprint density at radius 1 is 1.47 bits per heavy atom. The number of aliphatic carboxylic acids is 1. The summed E-state index contributed by atoms with van der Waals surface area (Å²) in [4.78, 5) is 39.1. The van der Waals surface area contributed by atoms with Gasteiger partial charge in [0.1, 0.15) is 6.04 Å². The van der Waals surface area contributed by atoms with E-state index in [1.54, 1.807) is 6.92 Å². The van der Waals surface area contributed by atoms with Crippen molar-refractivity contribution >= 4 is 17.1 Å². The number of carbonyl (C=O) groups is 1. The highest BCUT2D eigenvalue weighted by Gasteiger charge is 2.21. The lowest BCUT2D eigenvalue weighted by molar-refractivity contribution is -0.140. The molecule has 1 N–H and O–H groups in total. The SMILES string of the molecule is CCn1c(=O)c2c(ncn2C(C)C(=O)O)n(C)c1=O. The molecule has 0 radical (unpaired) electrons. The predicted octanol–water partition coefficient (Wildman–Crippen LogP) is -0.438. The molecule has 0 fully saturated rings. The van der Waals surface area contributed by atoms with Crippen molar-refractivity contribution in [2.75, 3.05) is 0 Å². The number of aromatic nitrogens is 4. The molecule has 0 aliphatic carbocycles. The van der Waals surface area contributed by atoms with Gasteiger partial charge in [-0.3, -0.25) is 13.9 Å². The van der Waals surface area contributed by atoms with E-state index in [9.17, 15) is 14.4 Å². The van der Waals surface area contributed by atoms with E-state index in [4.69, 9.17) is 5.11 Å². The first-order chi connectivity index (χ1) is 8.90. The van der Waals surface area contributed by atoms with Crippen molar-refractivity contribution in [3.8, 4) is 0 Å². The molecule has 0 bridgehead atoms. The van der Waals surface area contributed by atoms with Gasteiger partial charge in [0.25, 0.3) is 5.56 Å². The first kappa shape index (κ1) is 13.1. The molecule has 0 spiro atoms. The Labute approximate surface area is 107 Å². The van der Waals surface area contributed by atoms with Gasteiger partial charge in [-0.2, -0.15) is 0 Å². The van der Waals surface area contributed by atoms with E-state index in [-0.39, 0.29) is 17.7 Å². The van der Waals surface area contributed by atoms with Gasteiger partial charge in [-0.15, -0.1) is 0 Å². The van der Waals surface area contributed by atoms with E-state index in [1.807, 2.05) is 0 Å². The largest absolute Gasteiger partial charge is 0.480 e. The summed E-state index contributed by atoms with van der Waals surface area (Å²) in [7, 11) is 1.50. The van der Waals surface area contributed by atoms with Crippen LogP contribution in [0.5, 0.6) is 0 Å². The molecule has 0 saturated carbocycles. The second kappa shape index (κ2) is 4.38. The molecule has 2 heterocycles. The fourth-order valence-corrected chi connectivity index (χ4v) is 1.98. The van der Waals surface area contributed by atoms with Crippen molar-refractivity contribution in [1.82, 2.24) is 18.7 Å². The minimum absolute atomic E-state index is 0.124. The monoisotopic (exact) mass is 266 g/mol. The maximum Gasteiger partial charge on any atom is 0.332 e. The van der Waals surface area contributed by atoms with Crippen LogP contribution in [0, 0.1) is 0 Å². The van der Waals surface area contributed by atoms with Crippen LogP contribution in [-0.4, -0.2) is 29.8 Å². The van der Waals surface area contributed by atoms with Crippen LogP contribution in [0.15, 0.2) is 15.9 Å². The number of carboxylic acid groups (broad SMARTS) is 1. The Morgan fingerprint density at radius 2 is 2.11 bits per heavy atom. The third-order valence-electron chi connectivity index (χ3n) is 3.15. The minimum atomic E-state index is -1.07. The molecule has 8 heteroatoms. The number of aryl methyl sites for hydroxylation is 1. The lowest BCUT2D eigenvalue weighted by Gasteiger charge is -2.10. The van der Waals surface area contributed by atoms with E-state index < -0.39 is 23.3 Å². The zero-order valence-electron chi connectivity index (χ0n) is 10.8. The van der Waals surface area contributed by atoms with E-state index >= 15 is 0 Å². The van der Waals surface area contributed by atoms with Crippen molar-refractivity contribution in [2.24, 2.45) is 7.05 Å². The topological polar surface area (TPSA) is 99.1 Å². The van der Waals surface area contributed by atoms with Gasteiger partial charge in [-0.05, 0) is 13.8 Å². The molecule has 0 aliphatic heterocycles.